The fraction of sp³-hybridized carbons (Fsp3) is 0.0769. The van der Waals surface area contributed by atoms with Crippen molar-refractivity contribution >= 4 is 37.8 Å². The minimum atomic E-state index is -0.344. The second-order valence-corrected chi connectivity index (χ2v) is 5.60. The lowest BCUT2D eigenvalue weighted by Gasteiger charge is -2.08. The van der Waals surface area contributed by atoms with Crippen LogP contribution in [0.5, 0.6) is 5.75 Å². The number of pyridine rings is 1. The second kappa shape index (κ2) is 6.16. The van der Waals surface area contributed by atoms with Crippen LogP contribution in [0.4, 0.5) is 0 Å². The van der Waals surface area contributed by atoms with Gasteiger partial charge in [-0.2, -0.15) is 0 Å². The third-order valence-electron chi connectivity index (χ3n) is 2.45. The number of rotatable bonds is 3. The molecule has 2 rings (SSSR count). The van der Waals surface area contributed by atoms with Gasteiger partial charge in [-0.25, -0.2) is 0 Å². The van der Waals surface area contributed by atoms with E-state index in [1.54, 1.807) is 30.6 Å². The van der Waals surface area contributed by atoms with Gasteiger partial charge in [-0.05, 0) is 39.7 Å². The highest BCUT2D eigenvalue weighted by molar-refractivity contribution is 9.11. The Labute approximate surface area is 127 Å². The number of carbonyl (C=O) groups is 1. The van der Waals surface area contributed by atoms with Gasteiger partial charge in [0.1, 0.15) is 5.75 Å². The average Bonchev–Trinajstić information content (AvgIpc) is 2.41. The molecule has 1 aromatic carbocycles. The van der Waals surface area contributed by atoms with Crippen molar-refractivity contribution in [1.29, 1.82) is 0 Å². The Hall–Kier alpha value is -1.40. The molecule has 0 spiro atoms. The van der Waals surface area contributed by atoms with Crippen LogP contribution in [0.3, 0.4) is 0 Å². The van der Waals surface area contributed by atoms with Gasteiger partial charge in [0, 0.05) is 23.4 Å². The Bertz CT molecular complexity index is 603. The quantitative estimate of drug-likeness (QED) is 0.852. The number of nitrogens with zero attached hydrogens (tertiary/aromatic N) is 1. The fourth-order valence-corrected chi connectivity index (χ4v) is 2.74. The predicted octanol–water partition coefficient (Wildman–Crippen LogP) is 3.24. The Morgan fingerprint density at radius 1 is 1.37 bits per heavy atom. The van der Waals surface area contributed by atoms with E-state index >= 15 is 0 Å². The third kappa shape index (κ3) is 3.54. The minimum Gasteiger partial charge on any atom is -0.506 e. The molecule has 4 nitrogen and oxygen atoms in total. The Morgan fingerprint density at radius 3 is 2.84 bits per heavy atom. The summed E-state index contributed by atoms with van der Waals surface area (Å²) in [7, 11) is 0. The molecular weight excluding hydrogens is 376 g/mol. The molecule has 0 bridgehead atoms. The van der Waals surface area contributed by atoms with E-state index in [4.69, 9.17) is 0 Å². The van der Waals surface area contributed by atoms with E-state index < -0.39 is 0 Å². The van der Waals surface area contributed by atoms with Gasteiger partial charge in [0.05, 0.1) is 10.0 Å². The molecule has 0 saturated carbocycles. The maximum Gasteiger partial charge on any atom is 0.255 e. The van der Waals surface area contributed by atoms with Crippen LogP contribution >= 0.6 is 31.9 Å². The zero-order chi connectivity index (χ0) is 13.8. The van der Waals surface area contributed by atoms with Crippen molar-refractivity contribution in [2.45, 2.75) is 6.54 Å². The molecule has 2 N–H and O–H groups in total. The molecule has 0 radical (unpaired) electrons. The van der Waals surface area contributed by atoms with Crippen LogP contribution in [0.1, 0.15) is 15.9 Å². The summed E-state index contributed by atoms with van der Waals surface area (Å²) in [4.78, 5) is 16.0. The van der Waals surface area contributed by atoms with Crippen LogP contribution in [0.2, 0.25) is 0 Å². The number of amides is 1. The van der Waals surface area contributed by atoms with E-state index in [1.807, 2.05) is 6.07 Å². The smallest absolute Gasteiger partial charge is 0.255 e. The second-order valence-electron chi connectivity index (χ2n) is 3.83. The van der Waals surface area contributed by atoms with Gasteiger partial charge in [-0.15, -0.1) is 0 Å². The molecule has 19 heavy (non-hydrogen) atoms. The molecule has 6 heteroatoms. The molecule has 1 heterocycles. The van der Waals surface area contributed by atoms with Gasteiger partial charge >= 0.3 is 0 Å². The largest absolute Gasteiger partial charge is 0.506 e. The molecule has 0 unspecified atom stereocenters. The van der Waals surface area contributed by atoms with Crippen molar-refractivity contribution < 1.29 is 9.90 Å². The molecule has 98 valence electrons. The van der Waals surface area contributed by atoms with E-state index in [0.29, 0.717) is 15.5 Å². The van der Waals surface area contributed by atoms with E-state index in [0.717, 1.165) is 5.56 Å². The fourth-order valence-electron chi connectivity index (χ4n) is 1.52. The molecule has 0 aliphatic heterocycles. The Balaban J connectivity index is 2.13. The molecule has 1 amide bonds. The zero-order valence-corrected chi connectivity index (χ0v) is 12.9. The molecule has 1 aromatic heterocycles. The number of carbonyl (C=O) groups excluding carboxylic acids is 1. The maximum absolute atomic E-state index is 12.0. The number of phenolic OH excluding ortho intramolecular Hbond substituents is 1. The highest BCUT2D eigenvalue weighted by atomic mass is 79.9. The normalized spacial score (nSPS) is 10.2. The first-order valence-electron chi connectivity index (χ1n) is 5.43. The van der Waals surface area contributed by atoms with E-state index in [1.165, 1.54) is 0 Å². The SMILES string of the molecule is O=C(NCc1cccnc1)c1cc(Br)cc(Br)c1O. The summed E-state index contributed by atoms with van der Waals surface area (Å²) < 4.78 is 1.18. The van der Waals surface area contributed by atoms with Crippen LogP contribution in [-0.4, -0.2) is 16.0 Å². The third-order valence-corrected chi connectivity index (χ3v) is 3.51. The summed E-state index contributed by atoms with van der Waals surface area (Å²) in [5.74, 6) is -0.421. The number of nitrogens with one attached hydrogen (secondary N) is 1. The molecule has 0 saturated heterocycles. The number of hydrogen-bond acceptors (Lipinski definition) is 3. The highest BCUT2D eigenvalue weighted by Gasteiger charge is 2.14. The first kappa shape index (κ1) is 14.0. The maximum atomic E-state index is 12.0. The van der Waals surface area contributed by atoms with Crippen molar-refractivity contribution in [2.75, 3.05) is 0 Å². The number of phenols is 1. The summed E-state index contributed by atoms with van der Waals surface area (Å²) in [6.07, 6.45) is 3.35. The van der Waals surface area contributed by atoms with Crippen LogP contribution in [0.25, 0.3) is 0 Å². The van der Waals surface area contributed by atoms with Crippen molar-refractivity contribution in [3.63, 3.8) is 0 Å². The Kier molecular flexibility index (Phi) is 4.55. The highest BCUT2D eigenvalue weighted by Crippen LogP contribution is 2.31. The summed E-state index contributed by atoms with van der Waals surface area (Å²) >= 11 is 6.47. The summed E-state index contributed by atoms with van der Waals surface area (Å²) in [6, 6.07) is 6.91. The standard InChI is InChI=1S/C13H10Br2N2O2/c14-9-4-10(12(18)11(15)5-9)13(19)17-7-8-2-1-3-16-6-8/h1-6,18H,7H2,(H,17,19). The molecular formula is C13H10Br2N2O2. The lowest BCUT2D eigenvalue weighted by atomic mass is 10.2. The average molecular weight is 386 g/mol. The van der Waals surface area contributed by atoms with Gasteiger partial charge in [0.15, 0.2) is 0 Å². The molecule has 0 aliphatic carbocycles. The molecule has 2 aromatic rings. The van der Waals surface area contributed by atoms with Gasteiger partial charge < -0.3 is 10.4 Å². The van der Waals surface area contributed by atoms with Crippen LogP contribution in [-0.2, 0) is 6.54 Å². The topological polar surface area (TPSA) is 62.2 Å². The zero-order valence-electron chi connectivity index (χ0n) is 9.73. The van der Waals surface area contributed by atoms with Crippen molar-refractivity contribution in [2.24, 2.45) is 0 Å². The minimum absolute atomic E-state index is 0.0770. The molecule has 0 aliphatic rings. The number of hydrogen-bond donors (Lipinski definition) is 2. The van der Waals surface area contributed by atoms with Crippen LogP contribution in [0.15, 0.2) is 45.6 Å². The van der Waals surface area contributed by atoms with Gasteiger partial charge in [0.25, 0.3) is 5.91 Å². The lowest BCUT2D eigenvalue weighted by molar-refractivity contribution is 0.0948. The first-order chi connectivity index (χ1) is 9.08. The summed E-state index contributed by atoms with van der Waals surface area (Å²) in [5, 5.41) is 12.6. The van der Waals surface area contributed by atoms with E-state index in [9.17, 15) is 9.90 Å². The number of aromatic nitrogens is 1. The van der Waals surface area contributed by atoms with Crippen molar-refractivity contribution in [3.8, 4) is 5.75 Å². The van der Waals surface area contributed by atoms with Crippen LogP contribution < -0.4 is 5.32 Å². The van der Waals surface area contributed by atoms with Crippen molar-refractivity contribution in [1.82, 2.24) is 10.3 Å². The predicted molar refractivity (Wildman–Crippen MR) is 78.9 cm³/mol. The lowest BCUT2D eigenvalue weighted by Crippen LogP contribution is -2.23. The Morgan fingerprint density at radius 2 is 2.16 bits per heavy atom. The van der Waals surface area contributed by atoms with E-state index in [-0.39, 0.29) is 17.2 Å². The van der Waals surface area contributed by atoms with Gasteiger partial charge in [-0.1, -0.05) is 22.0 Å². The van der Waals surface area contributed by atoms with Crippen molar-refractivity contribution in [3.05, 3.63) is 56.7 Å². The molecule has 0 fully saturated rings. The first-order valence-corrected chi connectivity index (χ1v) is 7.01. The summed E-state index contributed by atoms with van der Waals surface area (Å²) in [5.41, 5.74) is 1.11. The summed E-state index contributed by atoms with van der Waals surface area (Å²) in [6.45, 7) is 0.357. The van der Waals surface area contributed by atoms with Gasteiger partial charge in [0.2, 0.25) is 0 Å². The van der Waals surface area contributed by atoms with Gasteiger partial charge in [-0.3, -0.25) is 9.78 Å². The molecule has 0 atom stereocenters. The number of aromatic hydroxyl groups is 1. The monoisotopic (exact) mass is 384 g/mol. The number of halogens is 2. The number of benzene rings is 1. The van der Waals surface area contributed by atoms with Crippen LogP contribution in [0, 0.1) is 0 Å². The van der Waals surface area contributed by atoms with E-state index in [2.05, 4.69) is 42.2 Å².